The summed E-state index contributed by atoms with van der Waals surface area (Å²) in [5.74, 6) is 0.448. The van der Waals surface area contributed by atoms with Gasteiger partial charge in [-0.15, -0.1) is 0 Å². The summed E-state index contributed by atoms with van der Waals surface area (Å²) in [7, 11) is -2.05. The molecule has 1 rings (SSSR count). The average molecular weight is 351 g/mol. The van der Waals surface area contributed by atoms with Crippen LogP contribution >= 0.6 is 11.6 Å². The normalized spacial score (nSPS) is 10.9. The number of benzene rings is 1. The van der Waals surface area contributed by atoms with Crippen LogP contribution in [0.1, 0.15) is 6.92 Å². The average Bonchev–Trinajstić information content (AvgIpc) is 2.42. The lowest BCUT2D eigenvalue weighted by atomic mass is 10.3. The Bertz CT molecular complexity index is 621. The number of hydrogen-bond acceptors (Lipinski definition) is 5. The fraction of sp³-hybridized carbons (Fsp3) is 0.462. The summed E-state index contributed by atoms with van der Waals surface area (Å²) in [5, 5.41) is 2.77. The first kappa shape index (κ1) is 18.4. The van der Waals surface area contributed by atoms with Gasteiger partial charge in [0.15, 0.2) is 0 Å². The van der Waals surface area contributed by atoms with E-state index < -0.39 is 16.1 Å². The molecule has 22 heavy (non-hydrogen) atoms. The molecule has 0 fully saturated rings. The van der Waals surface area contributed by atoms with Crippen LogP contribution in [0, 0.1) is 0 Å². The first-order chi connectivity index (χ1) is 10.3. The molecule has 9 heteroatoms. The Balaban J connectivity index is 2.86. The number of anilines is 1. The van der Waals surface area contributed by atoms with Crippen molar-refractivity contribution in [2.75, 3.05) is 37.4 Å². The lowest BCUT2D eigenvalue weighted by Crippen LogP contribution is -2.38. The molecule has 1 N–H and O–H groups in total. The van der Waals surface area contributed by atoms with Gasteiger partial charge in [0.05, 0.1) is 37.2 Å². The van der Waals surface area contributed by atoms with Crippen molar-refractivity contribution < 1.29 is 22.7 Å². The Kier molecular flexibility index (Phi) is 6.76. The van der Waals surface area contributed by atoms with Gasteiger partial charge in [-0.25, -0.2) is 13.2 Å². The molecule has 124 valence electrons. The van der Waals surface area contributed by atoms with Gasteiger partial charge < -0.3 is 14.8 Å². The van der Waals surface area contributed by atoms with Crippen molar-refractivity contribution in [3.63, 3.8) is 0 Å². The number of sulfonamides is 1. The number of amides is 1. The van der Waals surface area contributed by atoms with Crippen LogP contribution in [0.25, 0.3) is 0 Å². The second-order valence-corrected chi connectivity index (χ2v) is 6.62. The Hall–Kier alpha value is -1.67. The summed E-state index contributed by atoms with van der Waals surface area (Å²) >= 11 is 6.01. The maximum absolute atomic E-state index is 11.9. The topological polar surface area (TPSA) is 84.9 Å². The number of alkyl carbamates (subject to hydrolysis) is 1. The summed E-state index contributed by atoms with van der Waals surface area (Å²) < 4.78 is 34.7. The third kappa shape index (κ3) is 5.27. The zero-order valence-corrected chi connectivity index (χ0v) is 14.2. The van der Waals surface area contributed by atoms with Gasteiger partial charge in [-0.3, -0.25) is 4.31 Å². The van der Waals surface area contributed by atoms with E-state index >= 15 is 0 Å². The molecule has 0 heterocycles. The fourth-order valence-electron chi connectivity index (χ4n) is 1.74. The largest absolute Gasteiger partial charge is 0.495 e. The monoisotopic (exact) mass is 350 g/mol. The third-order valence-electron chi connectivity index (χ3n) is 2.68. The molecule has 1 amide bonds. The van der Waals surface area contributed by atoms with Crippen LogP contribution in [0.4, 0.5) is 10.5 Å². The predicted octanol–water partition coefficient (Wildman–Crippen LogP) is 1.86. The third-order valence-corrected chi connectivity index (χ3v) is 4.17. The van der Waals surface area contributed by atoms with Crippen LogP contribution in [-0.2, 0) is 14.8 Å². The summed E-state index contributed by atoms with van der Waals surface area (Å²) in [6.45, 7) is 2.09. The van der Waals surface area contributed by atoms with Gasteiger partial charge >= 0.3 is 6.09 Å². The zero-order valence-electron chi connectivity index (χ0n) is 12.6. The molecular weight excluding hydrogens is 332 g/mol. The molecule has 7 nitrogen and oxygen atoms in total. The van der Waals surface area contributed by atoms with Crippen molar-refractivity contribution >= 4 is 33.4 Å². The van der Waals surface area contributed by atoms with Crippen molar-refractivity contribution in [3.05, 3.63) is 23.2 Å². The van der Waals surface area contributed by atoms with Crippen LogP contribution < -0.4 is 14.4 Å². The van der Waals surface area contributed by atoms with Crippen molar-refractivity contribution in [3.8, 4) is 5.75 Å². The molecule has 0 saturated carbocycles. The van der Waals surface area contributed by atoms with E-state index in [1.807, 2.05) is 0 Å². The van der Waals surface area contributed by atoms with E-state index in [2.05, 4.69) is 5.32 Å². The number of ether oxygens (including phenoxy) is 2. The number of carbonyl (C=O) groups excluding carboxylic acids is 1. The van der Waals surface area contributed by atoms with Crippen molar-refractivity contribution in [2.24, 2.45) is 0 Å². The molecule has 0 bridgehead atoms. The highest BCUT2D eigenvalue weighted by Gasteiger charge is 2.18. The summed E-state index contributed by atoms with van der Waals surface area (Å²) in [6, 6.07) is 4.65. The molecule has 0 aromatic heterocycles. The second kappa shape index (κ2) is 8.09. The SMILES string of the molecule is CCOC(=O)NCCN(c1ccc(OC)c(Cl)c1)S(C)(=O)=O. The predicted molar refractivity (Wildman–Crippen MR) is 85.2 cm³/mol. The summed E-state index contributed by atoms with van der Waals surface area (Å²) in [4.78, 5) is 11.2. The van der Waals surface area contributed by atoms with Crippen molar-refractivity contribution in [2.45, 2.75) is 6.92 Å². The minimum absolute atomic E-state index is 0.0559. The van der Waals surface area contributed by atoms with E-state index in [9.17, 15) is 13.2 Å². The van der Waals surface area contributed by atoms with Crippen LogP contribution in [0.5, 0.6) is 5.75 Å². The van der Waals surface area contributed by atoms with Gasteiger partial charge in [-0.1, -0.05) is 11.6 Å². The summed E-state index contributed by atoms with van der Waals surface area (Å²) in [5.41, 5.74) is 0.388. The maximum atomic E-state index is 11.9. The molecule has 0 spiro atoms. The highest BCUT2D eigenvalue weighted by molar-refractivity contribution is 7.92. The zero-order chi connectivity index (χ0) is 16.8. The smallest absolute Gasteiger partial charge is 0.407 e. The van der Waals surface area contributed by atoms with Crippen LogP contribution in [0.2, 0.25) is 5.02 Å². The van der Waals surface area contributed by atoms with Crippen molar-refractivity contribution in [1.82, 2.24) is 5.32 Å². The Morgan fingerprint density at radius 1 is 1.41 bits per heavy atom. The van der Waals surface area contributed by atoms with Gasteiger partial charge in [0, 0.05) is 6.54 Å². The number of rotatable bonds is 7. The Morgan fingerprint density at radius 3 is 2.59 bits per heavy atom. The molecule has 1 aromatic carbocycles. The van der Waals surface area contributed by atoms with Gasteiger partial charge in [0.25, 0.3) is 0 Å². The van der Waals surface area contributed by atoms with Gasteiger partial charge in [-0.05, 0) is 25.1 Å². The van der Waals surface area contributed by atoms with E-state index in [1.165, 1.54) is 13.2 Å². The fourth-order valence-corrected chi connectivity index (χ4v) is 2.91. The number of nitrogens with one attached hydrogen (secondary N) is 1. The number of methoxy groups -OCH3 is 1. The Labute approximate surface area is 135 Å². The lowest BCUT2D eigenvalue weighted by Gasteiger charge is -2.23. The molecule has 0 radical (unpaired) electrons. The van der Waals surface area contributed by atoms with E-state index in [0.717, 1.165) is 10.6 Å². The molecule has 0 saturated heterocycles. The van der Waals surface area contributed by atoms with Crippen molar-refractivity contribution in [1.29, 1.82) is 0 Å². The minimum Gasteiger partial charge on any atom is -0.495 e. The maximum Gasteiger partial charge on any atom is 0.407 e. The minimum atomic E-state index is -3.52. The lowest BCUT2D eigenvalue weighted by molar-refractivity contribution is 0.152. The van der Waals surface area contributed by atoms with E-state index in [1.54, 1.807) is 19.1 Å². The van der Waals surface area contributed by atoms with E-state index in [0.29, 0.717) is 16.5 Å². The molecular formula is C13H19ClN2O5S. The van der Waals surface area contributed by atoms with E-state index in [-0.39, 0.29) is 19.7 Å². The molecule has 1 aromatic rings. The highest BCUT2D eigenvalue weighted by Crippen LogP contribution is 2.29. The first-order valence-electron chi connectivity index (χ1n) is 6.51. The number of nitrogens with zero attached hydrogens (tertiary/aromatic N) is 1. The molecule has 0 unspecified atom stereocenters. The standard InChI is InChI=1S/C13H19ClN2O5S/c1-4-21-13(17)15-7-8-16(22(3,18)19)10-5-6-12(20-2)11(14)9-10/h5-6,9H,4,7-8H2,1-3H3,(H,15,17). The second-order valence-electron chi connectivity index (χ2n) is 4.30. The van der Waals surface area contributed by atoms with Crippen LogP contribution in [0.15, 0.2) is 18.2 Å². The highest BCUT2D eigenvalue weighted by atomic mass is 35.5. The molecule has 0 atom stereocenters. The quantitative estimate of drug-likeness (QED) is 0.811. The summed E-state index contributed by atoms with van der Waals surface area (Å²) in [6.07, 6.45) is 0.485. The van der Waals surface area contributed by atoms with Gasteiger partial charge in [-0.2, -0.15) is 0 Å². The molecule has 0 aliphatic heterocycles. The molecule has 0 aliphatic rings. The van der Waals surface area contributed by atoms with Gasteiger partial charge in [0.1, 0.15) is 5.75 Å². The number of carbonyl (C=O) groups is 1. The first-order valence-corrected chi connectivity index (χ1v) is 8.74. The van der Waals surface area contributed by atoms with Crippen LogP contribution in [0.3, 0.4) is 0 Å². The van der Waals surface area contributed by atoms with Gasteiger partial charge in [0.2, 0.25) is 10.0 Å². The number of hydrogen-bond donors (Lipinski definition) is 1. The molecule has 0 aliphatic carbocycles. The van der Waals surface area contributed by atoms with Crippen LogP contribution in [-0.4, -0.2) is 47.6 Å². The number of halogens is 1. The van der Waals surface area contributed by atoms with E-state index in [4.69, 9.17) is 21.1 Å². The Morgan fingerprint density at radius 2 is 2.09 bits per heavy atom.